The summed E-state index contributed by atoms with van der Waals surface area (Å²) in [7, 11) is 0. The number of benzene rings is 1. The Morgan fingerprint density at radius 1 is 1.57 bits per heavy atom. The lowest BCUT2D eigenvalue weighted by molar-refractivity contribution is -0.117. The largest absolute Gasteiger partial charge is 0.326 e. The number of nitrogens with one attached hydrogen (secondary N) is 1. The zero-order valence-corrected chi connectivity index (χ0v) is 12.0. The Balaban J connectivity index is 2.20. The van der Waals surface area contributed by atoms with E-state index < -0.39 is 0 Å². The number of rotatable bonds is 4. The van der Waals surface area contributed by atoms with Crippen LogP contribution in [0.25, 0.3) is 10.4 Å². The van der Waals surface area contributed by atoms with Crippen molar-refractivity contribution in [3.05, 3.63) is 34.2 Å². The number of carbonyl (C=O) groups excluding carboxylic acids is 2. The highest BCUT2D eigenvalue weighted by molar-refractivity contribution is 5.97. The van der Waals surface area contributed by atoms with Crippen molar-refractivity contribution in [2.24, 2.45) is 11.0 Å². The van der Waals surface area contributed by atoms with Gasteiger partial charge in [-0.3, -0.25) is 9.59 Å². The van der Waals surface area contributed by atoms with Crippen LogP contribution in [0.1, 0.15) is 18.9 Å². The second kappa shape index (κ2) is 6.28. The maximum Gasteiger partial charge on any atom is 0.227 e. The molecule has 0 radical (unpaired) electrons. The van der Waals surface area contributed by atoms with E-state index in [0.717, 1.165) is 11.3 Å². The van der Waals surface area contributed by atoms with E-state index in [1.54, 1.807) is 11.0 Å². The quantitative estimate of drug-likeness (QED) is 0.523. The number of carbonyl (C=O) groups is 2. The van der Waals surface area contributed by atoms with Gasteiger partial charge in [0, 0.05) is 42.7 Å². The lowest BCUT2D eigenvalue weighted by Gasteiger charge is -2.18. The van der Waals surface area contributed by atoms with E-state index in [0.29, 0.717) is 25.2 Å². The highest BCUT2D eigenvalue weighted by atomic mass is 16.2. The second-order valence-electron chi connectivity index (χ2n) is 5.17. The van der Waals surface area contributed by atoms with Crippen molar-refractivity contribution in [3.63, 3.8) is 0 Å². The number of hydrogen-bond acceptors (Lipinski definition) is 3. The minimum Gasteiger partial charge on any atom is -0.326 e. The molecule has 7 heteroatoms. The number of azide groups is 1. The van der Waals surface area contributed by atoms with Crippen molar-refractivity contribution in [2.45, 2.75) is 20.3 Å². The van der Waals surface area contributed by atoms with Crippen LogP contribution in [0.3, 0.4) is 0 Å². The smallest absolute Gasteiger partial charge is 0.227 e. The summed E-state index contributed by atoms with van der Waals surface area (Å²) < 4.78 is 0. The first-order valence-corrected chi connectivity index (χ1v) is 6.70. The van der Waals surface area contributed by atoms with Gasteiger partial charge in [-0.15, -0.1) is 0 Å². The van der Waals surface area contributed by atoms with Gasteiger partial charge in [0.25, 0.3) is 0 Å². The van der Waals surface area contributed by atoms with Gasteiger partial charge in [0.05, 0.1) is 0 Å². The van der Waals surface area contributed by atoms with E-state index in [4.69, 9.17) is 5.53 Å². The molecule has 2 amide bonds. The summed E-state index contributed by atoms with van der Waals surface area (Å²) in [5.41, 5.74) is 10.7. The molecule has 1 aliphatic rings. The normalized spacial score (nSPS) is 17.5. The molecular formula is C14H17N5O2. The number of nitrogens with zero attached hydrogens (tertiary/aromatic N) is 4. The van der Waals surface area contributed by atoms with Gasteiger partial charge >= 0.3 is 0 Å². The SMILES string of the molecule is CC(=O)Nc1cc(N2CC(CN=[N+]=[N-])CC2=O)ccc1C. The molecule has 1 saturated heterocycles. The molecule has 0 spiro atoms. The van der Waals surface area contributed by atoms with Gasteiger partial charge < -0.3 is 10.2 Å². The van der Waals surface area contributed by atoms with E-state index in [1.165, 1.54) is 6.92 Å². The third kappa shape index (κ3) is 3.52. The first kappa shape index (κ1) is 14.9. The molecule has 0 saturated carbocycles. The summed E-state index contributed by atoms with van der Waals surface area (Å²) in [5, 5.41) is 6.29. The van der Waals surface area contributed by atoms with Crippen LogP contribution in [0.2, 0.25) is 0 Å². The lowest BCUT2D eigenvalue weighted by atomic mass is 10.1. The Bertz CT molecular complexity index is 622. The summed E-state index contributed by atoms with van der Waals surface area (Å²) in [5.74, 6) is -0.103. The minimum absolute atomic E-state index is 0.00534. The summed E-state index contributed by atoms with van der Waals surface area (Å²) >= 11 is 0. The van der Waals surface area contributed by atoms with Crippen molar-refractivity contribution in [3.8, 4) is 0 Å². The van der Waals surface area contributed by atoms with Crippen LogP contribution in [0, 0.1) is 12.8 Å². The van der Waals surface area contributed by atoms with Crippen LogP contribution in [0.4, 0.5) is 11.4 Å². The highest BCUT2D eigenvalue weighted by Gasteiger charge is 2.30. The van der Waals surface area contributed by atoms with Gasteiger partial charge in [-0.05, 0) is 36.1 Å². The molecule has 110 valence electrons. The van der Waals surface area contributed by atoms with Gasteiger partial charge in [0.1, 0.15) is 0 Å². The van der Waals surface area contributed by atoms with E-state index >= 15 is 0 Å². The van der Waals surface area contributed by atoms with Crippen molar-refractivity contribution >= 4 is 23.2 Å². The second-order valence-corrected chi connectivity index (χ2v) is 5.17. The van der Waals surface area contributed by atoms with Crippen LogP contribution >= 0.6 is 0 Å². The number of aryl methyl sites for hydroxylation is 1. The van der Waals surface area contributed by atoms with Gasteiger partial charge in [-0.2, -0.15) is 0 Å². The molecule has 0 aliphatic carbocycles. The summed E-state index contributed by atoms with van der Waals surface area (Å²) in [6.07, 6.45) is 0.377. The standard InChI is InChI=1S/C14H17N5O2/c1-9-3-4-12(6-13(9)17-10(2)20)19-8-11(5-14(19)21)7-16-18-15/h3-4,6,11H,5,7-8H2,1-2H3,(H,17,20). The van der Waals surface area contributed by atoms with E-state index in [-0.39, 0.29) is 17.7 Å². The van der Waals surface area contributed by atoms with Crippen molar-refractivity contribution in [2.75, 3.05) is 23.3 Å². The number of hydrogen-bond donors (Lipinski definition) is 1. The fraction of sp³-hybridized carbons (Fsp3) is 0.429. The van der Waals surface area contributed by atoms with Crippen LogP contribution in [-0.2, 0) is 9.59 Å². The molecule has 1 aromatic rings. The fourth-order valence-corrected chi connectivity index (χ4v) is 2.41. The lowest BCUT2D eigenvalue weighted by Crippen LogP contribution is -2.25. The molecule has 1 heterocycles. The van der Waals surface area contributed by atoms with Crippen LogP contribution in [0.5, 0.6) is 0 Å². The van der Waals surface area contributed by atoms with E-state index in [2.05, 4.69) is 15.3 Å². The van der Waals surface area contributed by atoms with Gasteiger partial charge in [0.15, 0.2) is 0 Å². The molecule has 7 nitrogen and oxygen atoms in total. The van der Waals surface area contributed by atoms with Gasteiger partial charge in [-0.1, -0.05) is 11.2 Å². The zero-order chi connectivity index (χ0) is 15.4. The molecular weight excluding hydrogens is 270 g/mol. The van der Waals surface area contributed by atoms with Crippen molar-refractivity contribution in [1.29, 1.82) is 0 Å². The maximum atomic E-state index is 12.1. The average Bonchev–Trinajstić information content (AvgIpc) is 2.79. The van der Waals surface area contributed by atoms with Crippen molar-refractivity contribution < 1.29 is 9.59 Å². The molecule has 0 bridgehead atoms. The van der Waals surface area contributed by atoms with Gasteiger partial charge in [-0.25, -0.2) is 0 Å². The predicted molar refractivity (Wildman–Crippen MR) is 80.0 cm³/mol. The zero-order valence-electron chi connectivity index (χ0n) is 12.0. The maximum absolute atomic E-state index is 12.1. The Morgan fingerprint density at radius 2 is 2.33 bits per heavy atom. The Hall–Kier alpha value is -2.53. The molecule has 2 rings (SSSR count). The highest BCUT2D eigenvalue weighted by Crippen LogP contribution is 2.29. The van der Waals surface area contributed by atoms with Crippen LogP contribution < -0.4 is 10.2 Å². The Morgan fingerprint density at radius 3 is 3.00 bits per heavy atom. The predicted octanol–water partition coefficient (Wildman–Crippen LogP) is 2.62. The first-order chi connectivity index (χ1) is 10.0. The average molecular weight is 287 g/mol. The first-order valence-electron chi connectivity index (χ1n) is 6.70. The molecule has 1 N–H and O–H groups in total. The van der Waals surface area contributed by atoms with Crippen LogP contribution in [-0.4, -0.2) is 24.9 Å². The molecule has 21 heavy (non-hydrogen) atoms. The molecule has 1 unspecified atom stereocenters. The monoisotopic (exact) mass is 287 g/mol. The van der Waals surface area contributed by atoms with Crippen LogP contribution in [0.15, 0.2) is 23.3 Å². The Labute approximate surface area is 122 Å². The third-order valence-corrected chi connectivity index (χ3v) is 3.45. The topological polar surface area (TPSA) is 98.2 Å². The number of amides is 2. The molecule has 0 aromatic heterocycles. The minimum atomic E-state index is -0.149. The van der Waals surface area contributed by atoms with E-state index in [1.807, 2.05) is 19.1 Å². The molecule has 1 fully saturated rings. The molecule has 1 atom stereocenters. The summed E-state index contributed by atoms with van der Waals surface area (Å²) in [4.78, 5) is 27.7. The molecule has 1 aromatic carbocycles. The Kier molecular flexibility index (Phi) is 4.45. The van der Waals surface area contributed by atoms with E-state index in [9.17, 15) is 9.59 Å². The number of anilines is 2. The fourth-order valence-electron chi connectivity index (χ4n) is 2.41. The molecule has 1 aliphatic heterocycles. The summed E-state index contributed by atoms with van der Waals surface area (Å²) in [6, 6.07) is 5.52. The summed E-state index contributed by atoms with van der Waals surface area (Å²) in [6.45, 7) is 4.19. The van der Waals surface area contributed by atoms with Crippen molar-refractivity contribution in [1.82, 2.24) is 0 Å². The van der Waals surface area contributed by atoms with Gasteiger partial charge in [0.2, 0.25) is 11.8 Å². The third-order valence-electron chi connectivity index (χ3n) is 3.45.